The SMILES string of the molecule is Cn1cc(CN2CCC(NC(c3ccc(Cl)cc3)c3cccnc3)CC2)c(C(F)(F)F)n1. The minimum Gasteiger partial charge on any atom is -0.303 e. The second-order valence-corrected chi connectivity index (χ2v) is 8.60. The summed E-state index contributed by atoms with van der Waals surface area (Å²) in [7, 11) is 1.52. The van der Waals surface area contributed by atoms with Gasteiger partial charge in [0.05, 0.1) is 6.04 Å². The maximum atomic E-state index is 13.3. The van der Waals surface area contributed by atoms with Gasteiger partial charge >= 0.3 is 6.18 Å². The first kappa shape index (κ1) is 22.8. The predicted octanol–water partition coefficient (Wildman–Crippen LogP) is 4.83. The van der Waals surface area contributed by atoms with Gasteiger partial charge in [0.25, 0.3) is 0 Å². The highest BCUT2D eigenvalue weighted by atomic mass is 35.5. The van der Waals surface area contributed by atoms with E-state index in [2.05, 4.69) is 20.3 Å². The maximum Gasteiger partial charge on any atom is 0.435 e. The van der Waals surface area contributed by atoms with Crippen LogP contribution < -0.4 is 5.32 Å². The second-order valence-electron chi connectivity index (χ2n) is 8.16. The number of alkyl halides is 3. The van der Waals surface area contributed by atoms with Crippen molar-refractivity contribution >= 4 is 11.6 Å². The third-order valence-corrected chi connectivity index (χ3v) is 6.03. The molecule has 0 aliphatic carbocycles. The topological polar surface area (TPSA) is 46.0 Å². The number of halogens is 4. The summed E-state index contributed by atoms with van der Waals surface area (Å²) in [6, 6.07) is 11.9. The molecule has 5 nitrogen and oxygen atoms in total. The molecule has 1 unspecified atom stereocenters. The number of rotatable bonds is 6. The lowest BCUT2D eigenvalue weighted by Crippen LogP contribution is -2.43. The van der Waals surface area contributed by atoms with Gasteiger partial charge in [0, 0.05) is 48.8 Å². The Morgan fingerprint density at radius 3 is 2.47 bits per heavy atom. The Labute approximate surface area is 190 Å². The fourth-order valence-electron chi connectivity index (χ4n) is 4.21. The molecule has 1 aliphatic heterocycles. The largest absolute Gasteiger partial charge is 0.435 e. The number of likely N-dealkylation sites (tertiary alicyclic amines) is 1. The highest BCUT2D eigenvalue weighted by Gasteiger charge is 2.37. The van der Waals surface area contributed by atoms with E-state index in [1.54, 1.807) is 6.20 Å². The van der Waals surface area contributed by atoms with Crippen molar-refractivity contribution in [2.24, 2.45) is 7.05 Å². The first-order valence-electron chi connectivity index (χ1n) is 10.5. The molecule has 3 aromatic rings. The van der Waals surface area contributed by atoms with Crippen molar-refractivity contribution in [3.63, 3.8) is 0 Å². The molecule has 9 heteroatoms. The molecule has 4 rings (SSSR count). The molecule has 170 valence electrons. The highest BCUT2D eigenvalue weighted by molar-refractivity contribution is 6.30. The van der Waals surface area contributed by atoms with Gasteiger partial charge in [0.2, 0.25) is 0 Å². The summed E-state index contributed by atoms with van der Waals surface area (Å²) in [6.45, 7) is 1.67. The van der Waals surface area contributed by atoms with Crippen LogP contribution in [0.4, 0.5) is 13.2 Å². The quantitative estimate of drug-likeness (QED) is 0.568. The van der Waals surface area contributed by atoms with Crippen LogP contribution in [0.5, 0.6) is 0 Å². The zero-order valence-corrected chi connectivity index (χ0v) is 18.4. The van der Waals surface area contributed by atoms with Crippen molar-refractivity contribution in [3.05, 3.63) is 82.4 Å². The van der Waals surface area contributed by atoms with E-state index in [1.165, 1.54) is 17.9 Å². The molecule has 0 bridgehead atoms. The molecule has 0 saturated carbocycles. The molecule has 1 fully saturated rings. The molecule has 0 spiro atoms. The van der Waals surface area contributed by atoms with Crippen molar-refractivity contribution in [3.8, 4) is 0 Å². The van der Waals surface area contributed by atoms with Crippen molar-refractivity contribution in [2.45, 2.75) is 37.6 Å². The van der Waals surface area contributed by atoms with Gasteiger partial charge in [-0.3, -0.25) is 14.6 Å². The number of aromatic nitrogens is 3. The van der Waals surface area contributed by atoms with E-state index in [4.69, 9.17) is 11.6 Å². The van der Waals surface area contributed by atoms with Gasteiger partial charge in [-0.1, -0.05) is 29.8 Å². The molecule has 1 atom stereocenters. The number of hydrogen-bond acceptors (Lipinski definition) is 4. The van der Waals surface area contributed by atoms with Crippen LogP contribution in [-0.4, -0.2) is 38.8 Å². The zero-order chi connectivity index (χ0) is 22.7. The fourth-order valence-corrected chi connectivity index (χ4v) is 4.34. The van der Waals surface area contributed by atoms with E-state index >= 15 is 0 Å². The first-order valence-corrected chi connectivity index (χ1v) is 10.9. The number of pyridine rings is 1. The fraction of sp³-hybridized carbons (Fsp3) is 0.391. The molecule has 1 saturated heterocycles. The van der Waals surface area contributed by atoms with Crippen molar-refractivity contribution in [1.82, 2.24) is 25.0 Å². The first-order chi connectivity index (χ1) is 15.3. The Morgan fingerprint density at radius 2 is 1.84 bits per heavy atom. The van der Waals surface area contributed by atoms with Gasteiger partial charge in [0.15, 0.2) is 5.69 Å². The van der Waals surface area contributed by atoms with E-state index < -0.39 is 11.9 Å². The number of nitrogens with zero attached hydrogens (tertiary/aromatic N) is 4. The number of piperidine rings is 1. The Balaban J connectivity index is 1.42. The van der Waals surface area contributed by atoms with Crippen molar-refractivity contribution in [2.75, 3.05) is 13.1 Å². The van der Waals surface area contributed by atoms with Gasteiger partial charge in [-0.2, -0.15) is 18.3 Å². The summed E-state index contributed by atoms with van der Waals surface area (Å²) in [5, 5.41) is 8.02. The molecule has 2 aromatic heterocycles. The van der Waals surface area contributed by atoms with E-state index in [1.807, 2.05) is 42.6 Å². The minimum atomic E-state index is -4.44. The summed E-state index contributed by atoms with van der Waals surface area (Å²) in [4.78, 5) is 6.32. The lowest BCUT2D eigenvalue weighted by atomic mass is 9.96. The smallest absolute Gasteiger partial charge is 0.303 e. The normalized spacial score (nSPS) is 16.9. The molecule has 1 N–H and O–H groups in total. The molecule has 32 heavy (non-hydrogen) atoms. The number of benzene rings is 1. The standard InChI is InChI=1S/C23H25ClF3N5/c1-31-14-18(22(30-31)23(25,26)27)15-32-11-8-20(9-12-32)29-21(17-3-2-10-28-13-17)16-4-6-19(24)7-5-16/h2-7,10,13-14,20-21,29H,8-9,11-12,15H2,1H3. The van der Waals surface area contributed by atoms with E-state index in [0.29, 0.717) is 18.1 Å². The average Bonchev–Trinajstić information content (AvgIpc) is 3.15. The molecule has 0 amide bonds. The molecule has 0 radical (unpaired) electrons. The Morgan fingerprint density at radius 1 is 1.12 bits per heavy atom. The number of hydrogen-bond donors (Lipinski definition) is 1. The van der Waals surface area contributed by atoms with Gasteiger partial charge in [0.1, 0.15) is 0 Å². The van der Waals surface area contributed by atoms with Gasteiger partial charge in [-0.15, -0.1) is 0 Å². The molecular formula is C23H25ClF3N5. The number of nitrogens with one attached hydrogen (secondary N) is 1. The second kappa shape index (κ2) is 9.60. The lowest BCUT2D eigenvalue weighted by molar-refractivity contribution is -0.142. The van der Waals surface area contributed by atoms with Crippen molar-refractivity contribution < 1.29 is 13.2 Å². The molecular weight excluding hydrogens is 439 g/mol. The summed E-state index contributed by atoms with van der Waals surface area (Å²) >= 11 is 6.06. The van der Waals surface area contributed by atoms with Crippen LogP contribution in [0, 0.1) is 0 Å². The Kier molecular flexibility index (Phi) is 6.83. The van der Waals surface area contributed by atoms with Crippen LogP contribution in [0.3, 0.4) is 0 Å². The predicted molar refractivity (Wildman–Crippen MR) is 117 cm³/mol. The molecule has 3 heterocycles. The maximum absolute atomic E-state index is 13.3. The lowest BCUT2D eigenvalue weighted by Gasteiger charge is -2.35. The van der Waals surface area contributed by atoms with Gasteiger partial charge < -0.3 is 5.32 Å². The summed E-state index contributed by atoms with van der Waals surface area (Å²) in [5.41, 5.74) is 1.58. The van der Waals surface area contributed by atoms with Crippen LogP contribution in [0.1, 0.15) is 41.3 Å². The third kappa shape index (κ3) is 5.49. The summed E-state index contributed by atoms with van der Waals surface area (Å²) in [6.07, 6.45) is 2.30. The Hall–Kier alpha value is -2.42. The molecule has 1 aliphatic rings. The van der Waals surface area contributed by atoms with Crippen LogP contribution in [-0.2, 0) is 19.8 Å². The highest BCUT2D eigenvalue weighted by Crippen LogP contribution is 2.32. The van der Waals surface area contributed by atoms with Crippen LogP contribution in [0.2, 0.25) is 5.02 Å². The minimum absolute atomic E-state index is 0.0346. The van der Waals surface area contributed by atoms with Gasteiger partial charge in [-0.05, 0) is 55.3 Å². The summed E-state index contributed by atoms with van der Waals surface area (Å²) < 4.78 is 41.0. The Bertz CT molecular complexity index is 1010. The number of aryl methyl sites for hydroxylation is 1. The summed E-state index contributed by atoms with van der Waals surface area (Å²) in [5.74, 6) is 0. The average molecular weight is 464 g/mol. The van der Waals surface area contributed by atoms with Crippen molar-refractivity contribution in [1.29, 1.82) is 0 Å². The van der Waals surface area contributed by atoms with Crippen LogP contribution >= 0.6 is 11.6 Å². The van der Waals surface area contributed by atoms with Crippen LogP contribution in [0.15, 0.2) is 55.0 Å². The third-order valence-electron chi connectivity index (χ3n) is 5.78. The van der Waals surface area contributed by atoms with Crippen LogP contribution in [0.25, 0.3) is 0 Å². The van der Waals surface area contributed by atoms with Gasteiger partial charge in [-0.25, -0.2) is 0 Å². The van der Waals surface area contributed by atoms with E-state index in [9.17, 15) is 13.2 Å². The zero-order valence-electron chi connectivity index (χ0n) is 17.7. The monoisotopic (exact) mass is 463 g/mol. The van der Waals surface area contributed by atoms with E-state index in [0.717, 1.165) is 24.0 Å². The molecule has 1 aromatic carbocycles. The van der Waals surface area contributed by atoms with E-state index in [-0.39, 0.29) is 24.2 Å².